The number of aromatic nitrogens is 4. The Morgan fingerprint density at radius 2 is 2.11 bits per heavy atom. The van der Waals surface area contributed by atoms with Gasteiger partial charge in [-0.2, -0.15) is 10.1 Å². The summed E-state index contributed by atoms with van der Waals surface area (Å²) in [6.45, 7) is 5.87. The average molecular weight is 392 g/mol. The van der Waals surface area contributed by atoms with Crippen molar-refractivity contribution in [2.75, 3.05) is 36.2 Å². The van der Waals surface area contributed by atoms with E-state index in [9.17, 15) is 8.42 Å². The van der Waals surface area contributed by atoms with Gasteiger partial charge < -0.3 is 15.0 Å². The van der Waals surface area contributed by atoms with Crippen molar-refractivity contribution in [2.45, 2.75) is 37.5 Å². The molecule has 2 aliphatic rings. The number of H-pyrrole nitrogens is 1. The first-order valence-corrected chi connectivity index (χ1v) is 10.9. The third-order valence-corrected chi connectivity index (χ3v) is 7.24. The summed E-state index contributed by atoms with van der Waals surface area (Å²) in [5, 5.41) is 10.1. The summed E-state index contributed by atoms with van der Waals surface area (Å²) in [6, 6.07) is 3.81. The number of hydrogen-bond acceptors (Lipinski definition) is 8. The predicted octanol–water partition coefficient (Wildman–Crippen LogP) is 1.51. The lowest BCUT2D eigenvalue weighted by Gasteiger charge is -2.34. The summed E-state index contributed by atoms with van der Waals surface area (Å²) in [7, 11) is -3.27. The van der Waals surface area contributed by atoms with Crippen molar-refractivity contribution in [3.63, 3.8) is 0 Å². The second-order valence-electron chi connectivity index (χ2n) is 7.37. The molecule has 2 aromatic heterocycles. The predicted molar refractivity (Wildman–Crippen MR) is 102 cm³/mol. The molecule has 4 rings (SSSR count). The van der Waals surface area contributed by atoms with E-state index in [4.69, 9.17) is 4.74 Å². The summed E-state index contributed by atoms with van der Waals surface area (Å²) in [5.41, 5.74) is 1.39. The van der Waals surface area contributed by atoms with Crippen molar-refractivity contribution in [1.29, 1.82) is 0 Å². The van der Waals surface area contributed by atoms with Gasteiger partial charge in [-0.25, -0.2) is 13.4 Å². The highest BCUT2D eigenvalue weighted by Gasteiger charge is 2.55. The van der Waals surface area contributed by atoms with E-state index in [1.54, 1.807) is 0 Å². The quantitative estimate of drug-likeness (QED) is 0.787. The highest BCUT2D eigenvalue weighted by molar-refractivity contribution is 7.91. The van der Waals surface area contributed by atoms with E-state index >= 15 is 0 Å². The Morgan fingerprint density at radius 3 is 2.70 bits per heavy atom. The van der Waals surface area contributed by atoms with Crippen LogP contribution >= 0.6 is 0 Å². The fourth-order valence-electron chi connectivity index (χ4n) is 3.48. The van der Waals surface area contributed by atoms with Crippen molar-refractivity contribution < 1.29 is 13.2 Å². The first kappa shape index (κ1) is 18.2. The largest absolute Gasteiger partial charge is 0.377 e. The number of hydrogen-bond donors (Lipinski definition) is 2. The number of sulfone groups is 1. The van der Waals surface area contributed by atoms with Crippen LogP contribution < -0.4 is 10.2 Å². The zero-order valence-electron chi connectivity index (χ0n) is 15.7. The molecule has 10 heteroatoms. The molecule has 1 unspecified atom stereocenters. The maximum atomic E-state index is 12.4. The number of anilines is 3. The van der Waals surface area contributed by atoms with Gasteiger partial charge in [0.2, 0.25) is 5.95 Å². The lowest BCUT2D eigenvalue weighted by atomic mass is 10.2. The Hall–Kier alpha value is -2.20. The van der Waals surface area contributed by atoms with Gasteiger partial charge in [-0.15, -0.1) is 0 Å². The van der Waals surface area contributed by atoms with E-state index in [1.807, 2.05) is 19.1 Å². The van der Waals surface area contributed by atoms with Crippen LogP contribution in [0.1, 0.15) is 31.2 Å². The smallest absolute Gasteiger partial charge is 0.230 e. The number of aromatic amines is 1. The van der Waals surface area contributed by atoms with Crippen LogP contribution in [0, 0.1) is 6.92 Å². The number of nitrogens with zero attached hydrogens (tertiary/aromatic N) is 4. The molecular formula is C17H24N6O3S. The van der Waals surface area contributed by atoms with Crippen LogP contribution in [0.4, 0.5) is 17.6 Å². The van der Waals surface area contributed by atoms with Gasteiger partial charge in [0.05, 0.1) is 30.6 Å². The van der Waals surface area contributed by atoms with Gasteiger partial charge in [0.25, 0.3) is 0 Å². The maximum absolute atomic E-state index is 12.4. The molecule has 2 aromatic rings. The molecule has 1 aliphatic heterocycles. The van der Waals surface area contributed by atoms with Gasteiger partial charge >= 0.3 is 0 Å². The van der Waals surface area contributed by atoms with E-state index in [-0.39, 0.29) is 6.04 Å². The van der Waals surface area contributed by atoms with Crippen LogP contribution in [0.2, 0.25) is 0 Å². The molecule has 0 radical (unpaired) electrons. The van der Waals surface area contributed by atoms with E-state index in [0.29, 0.717) is 55.9 Å². The first-order valence-electron chi connectivity index (χ1n) is 9.01. The summed E-state index contributed by atoms with van der Waals surface area (Å²) in [6.07, 6.45) is 2.46. The number of ether oxygens (including phenoxy) is 1. The minimum absolute atomic E-state index is 0.150. The molecule has 1 saturated carbocycles. The molecule has 9 nitrogen and oxygen atoms in total. The Kier molecular flexibility index (Phi) is 4.34. The van der Waals surface area contributed by atoms with E-state index < -0.39 is 14.6 Å². The molecule has 146 valence electrons. The topological polar surface area (TPSA) is 113 Å². The summed E-state index contributed by atoms with van der Waals surface area (Å²) >= 11 is 0. The van der Waals surface area contributed by atoms with Crippen LogP contribution in [0.5, 0.6) is 0 Å². The molecule has 0 spiro atoms. The average Bonchev–Trinajstić information content (AvgIpc) is 3.34. The molecular weight excluding hydrogens is 368 g/mol. The molecule has 1 aliphatic carbocycles. The molecule has 27 heavy (non-hydrogen) atoms. The Bertz CT molecular complexity index is 953. The lowest BCUT2D eigenvalue weighted by molar-refractivity contribution is 0.0985. The number of aryl methyl sites for hydroxylation is 1. The van der Waals surface area contributed by atoms with Crippen LogP contribution in [-0.4, -0.2) is 60.6 Å². The minimum Gasteiger partial charge on any atom is -0.377 e. The van der Waals surface area contributed by atoms with E-state index in [2.05, 4.69) is 37.3 Å². The van der Waals surface area contributed by atoms with Crippen molar-refractivity contribution in [3.05, 3.63) is 23.5 Å². The van der Waals surface area contributed by atoms with Crippen molar-refractivity contribution in [2.24, 2.45) is 0 Å². The molecule has 2 fully saturated rings. The Morgan fingerprint density at radius 1 is 1.33 bits per heavy atom. The van der Waals surface area contributed by atoms with Crippen LogP contribution in [0.3, 0.4) is 0 Å². The molecule has 2 N–H and O–H groups in total. The summed E-state index contributed by atoms with van der Waals surface area (Å²) < 4.78 is 29.4. The third-order valence-electron chi connectivity index (χ3n) is 5.21. The number of morpholine rings is 1. The zero-order chi connectivity index (χ0) is 19.2. The highest BCUT2D eigenvalue weighted by Crippen LogP contribution is 2.52. The van der Waals surface area contributed by atoms with Gasteiger partial charge in [0.15, 0.2) is 9.84 Å². The minimum atomic E-state index is -3.27. The lowest BCUT2D eigenvalue weighted by Crippen LogP contribution is -2.44. The van der Waals surface area contributed by atoms with Gasteiger partial charge in [-0.3, -0.25) is 5.10 Å². The fourth-order valence-corrected chi connectivity index (χ4v) is 4.80. The summed E-state index contributed by atoms with van der Waals surface area (Å²) in [5.74, 6) is 1.74. The molecule has 3 heterocycles. The van der Waals surface area contributed by atoms with Crippen molar-refractivity contribution in [3.8, 4) is 0 Å². The van der Waals surface area contributed by atoms with Crippen LogP contribution in [-0.2, 0) is 19.3 Å². The fraction of sp³-hybridized carbons (Fsp3) is 0.588. The van der Waals surface area contributed by atoms with E-state index in [0.717, 1.165) is 5.69 Å². The maximum Gasteiger partial charge on any atom is 0.230 e. The van der Waals surface area contributed by atoms with E-state index in [1.165, 1.54) is 6.26 Å². The zero-order valence-corrected chi connectivity index (χ0v) is 16.5. The molecule has 0 amide bonds. The van der Waals surface area contributed by atoms with Gasteiger partial charge in [-0.05, 0) is 26.7 Å². The van der Waals surface area contributed by atoms with Gasteiger partial charge in [0.1, 0.15) is 16.4 Å². The van der Waals surface area contributed by atoms with Crippen molar-refractivity contribution >= 4 is 27.4 Å². The van der Waals surface area contributed by atoms with Gasteiger partial charge in [-0.1, -0.05) is 0 Å². The van der Waals surface area contributed by atoms with Crippen LogP contribution in [0.15, 0.2) is 12.1 Å². The van der Waals surface area contributed by atoms with Crippen molar-refractivity contribution in [1.82, 2.24) is 20.2 Å². The molecule has 1 atom stereocenters. The van der Waals surface area contributed by atoms with Crippen LogP contribution in [0.25, 0.3) is 0 Å². The summed E-state index contributed by atoms with van der Waals surface area (Å²) in [4.78, 5) is 11.3. The second kappa shape index (κ2) is 6.45. The molecule has 1 saturated heterocycles. The normalized spacial score (nSPS) is 21.9. The first-order chi connectivity index (χ1) is 12.8. The Labute approximate surface area is 158 Å². The monoisotopic (exact) mass is 392 g/mol. The second-order valence-corrected chi connectivity index (χ2v) is 9.69. The number of rotatable bonds is 5. The molecule has 0 aromatic carbocycles. The number of nitrogens with one attached hydrogen (secondary N) is 2. The SMILES string of the molecule is Cc1cc(Nc2nc(N3CCOCC3C)cc(C3(S(C)(=O)=O)CC3)n2)[nH]n1. The highest BCUT2D eigenvalue weighted by atomic mass is 32.2. The molecule has 0 bridgehead atoms. The standard InChI is InChI=1S/C17H24N6O3S/c1-11-8-14(22-21-11)19-16-18-13(17(4-5-17)27(3,24)25)9-15(20-16)23-6-7-26-10-12(23)2/h8-9,12H,4-7,10H2,1-3H3,(H2,18,19,20,21,22). The third kappa shape index (κ3) is 3.39. The Balaban J connectivity index is 1.76. The van der Waals surface area contributed by atoms with Gasteiger partial charge in [0, 0.05) is 24.9 Å².